The molecule has 2 fully saturated rings. The zero-order valence-electron chi connectivity index (χ0n) is 7.08. The summed E-state index contributed by atoms with van der Waals surface area (Å²) in [5.41, 5.74) is 0. The molecule has 1 aliphatic heterocycles. The van der Waals surface area contributed by atoms with Crippen molar-refractivity contribution >= 4 is 11.9 Å². The Kier molecular flexibility index (Phi) is 1.67. The predicted molar refractivity (Wildman–Crippen MR) is 41.1 cm³/mol. The van der Waals surface area contributed by atoms with E-state index < -0.39 is 0 Å². The van der Waals surface area contributed by atoms with Gasteiger partial charge in [0.2, 0.25) is 0 Å². The summed E-state index contributed by atoms with van der Waals surface area (Å²) in [6.45, 7) is 2.12. The average molecular weight is 168 g/mol. The summed E-state index contributed by atoms with van der Waals surface area (Å²) in [6.07, 6.45) is 2.70. The van der Waals surface area contributed by atoms with Gasteiger partial charge in [0.25, 0.3) is 0 Å². The molecule has 0 aromatic heterocycles. The molecule has 3 atom stereocenters. The quantitative estimate of drug-likeness (QED) is 0.402. The molecule has 3 heteroatoms. The van der Waals surface area contributed by atoms with E-state index in [0.717, 1.165) is 19.3 Å². The summed E-state index contributed by atoms with van der Waals surface area (Å²) in [7, 11) is 0. The smallest absolute Gasteiger partial charge is 0.317 e. The zero-order chi connectivity index (χ0) is 8.72. The number of hydrogen-bond donors (Lipinski definition) is 0. The molecule has 0 aromatic carbocycles. The number of ether oxygens (including phenoxy) is 1. The summed E-state index contributed by atoms with van der Waals surface area (Å²) in [5, 5.41) is 0. The number of esters is 2. The Balaban J connectivity index is 2.17. The van der Waals surface area contributed by atoms with Gasteiger partial charge < -0.3 is 4.74 Å². The van der Waals surface area contributed by atoms with E-state index in [2.05, 4.69) is 11.7 Å². The van der Waals surface area contributed by atoms with Crippen molar-refractivity contribution in [3.63, 3.8) is 0 Å². The van der Waals surface area contributed by atoms with Gasteiger partial charge in [0, 0.05) is 0 Å². The maximum atomic E-state index is 11.1. The van der Waals surface area contributed by atoms with Crippen LogP contribution in [0.2, 0.25) is 0 Å². The Morgan fingerprint density at radius 1 is 1.17 bits per heavy atom. The molecule has 12 heavy (non-hydrogen) atoms. The normalized spacial score (nSPS) is 40.9. The van der Waals surface area contributed by atoms with Crippen LogP contribution in [0.3, 0.4) is 0 Å². The molecular formula is C9H12O3. The molecule has 1 saturated heterocycles. The van der Waals surface area contributed by atoms with E-state index in [1.54, 1.807) is 0 Å². The van der Waals surface area contributed by atoms with E-state index in [0.29, 0.717) is 5.92 Å². The van der Waals surface area contributed by atoms with Crippen LogP contribution in [0, 0.1) is 17.8 Å². The SMILES string of the molecule is CC1CC[C@H]2C(=O)OC(=O)[C@H]2C1. The van der Waals surface area contributed by atoms with Crippen molar-refractivity contribution in [3.05, 3.63) is 0 Å². The molecular weight excluding hydrogens is 156 g/mol. The number of carbonyl (C=O) groups excluding carboxylic acids is 2. The molecule has 3 nitrogen and oxygen atoms in total. The molecule has 0 spiro atoms. The maximum absolute atomic E-state index is 11.1. The number of cyclic esters (lactones) is 2. The van der Waals surface area contributed by atoms with Crippen LogP contribution in [0.15, 0.2) is 0 Å². The lowest BCUT2D eigenvalue weighted by atomic mass is 9.76. The number of carbonyl (C=O) groups is 2. The largest absolute Gasteiger partial charge is 0.393 e. The highest BCUT2D eigenvalue weighted by molar-refractivity contribution is 5.96. The minimum Gasteiger partial charge on any atom is -0.393 e. The van der Waals surface area contributed by atoms with Gasteiger partial charge in [-0.2, -0.15) is 0 Å². The van der Waals surface area contributed by atoms with Crippen LogP contribution in [-0.2, 0) is 14.3 Å². The minimum atomic E-state index is -0.295. The van der Waals surface area contributed by atoms with Crippen molar-refractivity contribution in [3.8, 4) is 0 Å². The maximum Gasteiger partial charge on any atom is 0.317 e. The minimum absolute atomic E-state index is 0.117. The second kappa shape index (κ2) is 2.57. The summed E-state index contributed by atoms with van der Waals surface area (Å²) in [4.78, 5) is 22.2. The Hall–Kier alpha value is -0.860. The van der Waals surface area contributed by atoms with Crippen molar-refractivity contribution in [1.29, 1.82) is 0 Å². The zero-order valence-corrected chi connectivity index (χ0v) is 7.08. The van der Waals surface area contributed by atoms with Gasteiger partial charge in [-0.1, -0.05) is 6.92 Å². The first-order valence-corrected chi connectivity index (χ1v) is 4.44. The third-order valence-corrected chi connectivity index (χ3v) is 2.92. The molecule has 2 aliphatic rings. The fourth-order valence-electron chi connectivity index (χ4n) is 2.17. The molecule has 1 heterocycles. The standard InChI is InChI=1S/C9H12O3/c1-5-2-3-6-7(4-5)9(11)12-8(6)10/h5-7H,2-4H2,1H3/t5?,6-,7+/m1/s1. The highest BCUT2D eigenvalue weighted by Gasteiger charge is 2.46. The van der Waals surface area contributed by atoms with Gasteiger partial charge >= 0.3 is 11.9 Å². The van der Waals surface area contributed by atoms with Gasteiger partial charge in [-0.25, -0.2) is 0 Å². The predicted octanol–water partition coefficient (Wildman–Crippen LogP) is 1.12. The van der Waals surface area contributed by atoms with Crippen LogP contribution in [-0.4, -0.2) is 11.9 Å². The van der Waals surface area contributed by atoms with Crippen molar-refractivity contribution < 1.29 is 14.3 Å². The van der Waals surface area contributed by atoms with Crippen LogP contribution in [0.25, 0.3) is 0 Å². The van der Waals surface area contributed by atoms with Crippen molar-refractivity contribution in [1.82, 2.24) is 0 Å². The monoisotopic (exact) mass is 168 g/mol. The van der Waals surface area contributed by atoms with E-state index in [4.69, 9.17) is 0 Å². The Morgan fingerprint density at radius 3 is 2.58 bits per heavy atom. The lowest BCUT2D eigenvalue weighted by Crippen LogP contribution is -2.25. The highest BCUT2D eigenvalue weighted by Crippen LogP contribution is 2.38. The van der Waals surface area contributed by atoms with E-state index >= 15 is 0 Å². The number of fused-ring (bicyclic) bond motifs is 1. The summed E-state index contributed by atoms with van der Waals surface area (Å²) < 4.78 is 4.58. The molecule has 0 radical (unpaired) electrons. The molecule has 0 N–H and O–H groups in total. The van der Waals surface area contributed by atoms with Gasteiger partial charge in [0.1, 0.15) is 0 Å². The second-order valence-corrected chi connectivity index (χ2v) is 3.87. The van der Waals surface area contributed by atoms with Crippen LogP contribution in [0.4, 0.5) is 0 Å². The molecule has 0 bridgehead atoms. The molecule has 66 valence electrons. The van der Waals surface area contributed by atoms with Gasteiger partial charge in [-0.05, 0) is 25.2 Å². The Bertz CT molecular complexity index is 234. The van der Waals surface area contributed by atoms with Crippen LogP contribution in [0.5, 0.6) is 0 Å². The Morgan fingerprint density at radius 2 is 1.83 bits per heavy atom. The van der Waals surface area contributed by atoms with Crippen LogP contribution < -0.4 is 0 Å². The molecule has 0 aromatic rings. The molecule has 1 aliphatic carbocycles. The van der Waals surface area contributed by atoms with Gasteiger partial charge in [-0.3, -0.25) is 9.59 Å². The third-order valence-electron chi connectivity index (χ3n) is 2.92. The average Bonchev–Trinajstić information content (AvgIpc) is 2.28. The number of hydrogen-bond acceptors (Lipinski definition) is 3. The van der Waals surface area contributed by atoms with E-state index in [-0.39, 0.29) is 23.8 Å². The molecule has 1 unspecified atom stereocenters. The summed E-state index contributed by atoms with van der Waals surface area (Å²) in [6, 6.07) is 0. The highest BCUT2D eigenvalue weighted by atomic mass is 16.6. The molecule has 0 amide bonds. The molecule has 2 rings (SSSR count). The second-order valence-electron chi connectivity index (χ2n) is 3.87. The number of rotatable bonds is 0. The first-order chi connectivity index (χ1) is 5.68. The van der Waals surface area contributed by atoms with Crippen molar-refractivity contribution in [2.24, 2.45) is 17.8 Å². The lowest BCUT2D eigenvalue weighted by molar-refractivity contribution is -0.153. The van der Waals surface area contributed by atoms with Crippen LogP contribution >= 0.6 is 0 Å². The van der Waals surface area contributed by atoms with Gasteiger partial charge in [0.05, 0.1) is 11.8 Å². The van der Waals surface area contributed by atoms with E-state index in [9.17, 15) is 9.59 Å². The van der Waals surface area contributed by atoms with Gasteiger partial charge in [0.15, 0.2) is 0 Å². The first-order valence-electron chi connectivity index (χ1n) is 4.44. The fraction of sp³-hybridized carbons (Fsp3) is 0.778. The van der Waals surface area contributed by atoms with E-state index in [1.165, 1.54) is 0 Å². The lowest BCUT2D eigenvalue weighted by Gasteiger charge is -2.24. The van der Waals surface area contributed by atoms with Crippen molar-refractivity contribution in [2.75, 3.05) is 0 Å². The van der Waals surface area contributed by atoms with E-state index in [1.807, 2.05) is 0 Å². The topological polar surface area (TPSA) is 43.4 Å². The fourth-order valence-corrected chi connectivity index (χ4v) is 2.17. The molecule has 1 saturated carbocycles. The summed E-state index contributed by atoms with van der Waals surface area (Å²) >= 11 is 0. The third kappa shape index (κ3) is 1.04. The van der Waals surface area contributed by atoms with Crippen molar-refractivity contribution in [2.45, 2.75) is 26.2 Å². The van der Waals surface area contributed by atoms with Crippen LogP contribution in [0.1, 0.15) is 26.2 Å². The van der Waals surface area contributed by atoms with Gasteiger partial charge in [-0.15, -0.1) is 0 Å². The Labute approximate surface area is 71.1 Å². The summed E-state index contributed by atoms with van der Waals surface area (Å²) in [5.74, 6) is -0.270. The first kappa shape index (κ1) is 7.77.